The molecule has 17 atom stereocenters. The molecule has 2 rings (SSSR count). The van der Waals surface area contributed by atoms with E-state index in [-0.39, 0.29) is 95.1 Å². The minimum Gasteiger partial charge on any atom is -0.391 e. The highest BCUT2D eigenvalue weighted by Gasteiger charge is 2.40. The number of nitrogens with one attached hydrogen (secondary N) is 15. The maximum Gasteiger partial charge on any atom is 0.245 e. The zero-order valence-electron chi connectivity index (χ0n) is 81.4. The van der Waals surface area contributed by atoms with Gasteiger partial charge < -0.3 is 130 Å². The Hall–Kier alpha value is -11.6. The molecule has 0 spiro atoms. The van der Waals surface area contributed by atoms with Crippen molar-refractivity contribution in [3.63, 3.8) is 0 Å². The molecule has 1 unspecified atom stereocenters. The zero-order chi connectivity index (χ0) is 102. The molecule has 0 saturated heterocycles. The fourth-order valence-electron chi connectivity index (χ4n) is 14.9. The number of primary amides is 4. The van der Waals surface area contributed by atoms with Gasteiger partial charge in [-0.05, 0) is 132 Å². The number of nitrogens with zero attached hydrogens (tertiary/aromatic N) is 1. The number of nitrogens with two attached hydrogens (primary N) is 8. The molecule has 0 aliphatic carbocycles. The van der Waals surface area contributed by atoms with Gasteiger partial charge >= 0.3 is 0 Å². The normalized spacial score (nSPS) is 15.1. The van der Waals surface area contributed by atoms with Crippen molar-refractivity contribution in [2.75, 3.05) is 19.6 Å². The minimum atomic E-state index is -1.77. The van der Waals surface area contributed by atoms with Crippen molar-refractivity contribution >= 4 is 123 Å². The van der Waals surface area contributed by atoms with E-state index in [0.29, 0.717) is 42.1 Å². The largest absolute Gasteiger partial charge is 0.391 e. The number of benzene rings is 1. The third-order valence-corrected chi connectivity index (χ3v) is 23.3. The Morgan fingerprint density at radius 1 is 0.385 bits per heavy atom. The molecule has 0 aliphatic rings. The van der Waals surface area contributed by atoms with Gasteiger partial charge in [-0.1, -0.05) is 184 Å². The van der Waals surface area contributed by atoms with Crippen LogP contribution in [-0.2, 0) is 92.7 Å². The van der Waals surface area contributed by atoms with E-state index in [0.717, 1.165) is 25.7 Å². The minimum absolute atomic E-state index is 0.0203. The Balaban J connectivity index is 2.47. The number of carbonyl (C=O) groups is 18. The third kappa shape index (κ3) is 46.9. The van der Waals surface area contributed by atoms with Crippen LogP contribution in [0, 0.1) is 29.6 Å². The smallest absolute Gasteiger partial charge is 0.245 e. The van der Waals surface area contributed by atoms with Crippen LogP contribution in [0.1, 0.15) is 275 Å². The first-order chi connectivity index (χ1) is 63.7. The first-order valence-corrected chi connectivity index (χ1v) is 47.8. The van der Waals surface area contributed by atoms with E-state index in [1.165, 1.54) is 58.8 Å². The number of aliphatic hydroxyl groups excluding tert-OH is 1. The molecule has 43 heteroatoms. The molecule has 0 saturated carbocycles. The maximum atomic E-state index is 14.7. The zero-order valence-corrected chi connectivity index (χ0v) is 81.4. The quantitative estimate of drug-likeness (QED) is 0.0220. The second-order valence-corrected chi connectivity index (χ2v) is 36.5. The van der Waals surface area contributed by atoms with E-state index in [1.807, 2.05) is 0 Å². The Morgan fingerprint density at radius 2 is 0.770 bits per heavy atom. The SMILES string of the molecule is CCCCCCCCCCCCCCC(N)C(=O)N[C@@H](CCC(N)=O)C(=O)N[C@@H](CC(C)C)C(=O)N[C@H](C(=O)N[C@H](C(=O)N[C@@H](Cc1c[nH]c2ccccc12)C(=O)NCC(=O)N[C@H](C(=O)N[C@@H](CCCCN)C(=O)N[C@@H](CCC(N)=O)C(=O)N[C@@H](CC(C)C)C(=O)N[C@@H](CCC(N)=O)C(=O)N[C@@H](C)C(=O)N[C@@H](CCCN=C(N)N)C(=O)N[C@H](C(N)=O)[C@@H](C)CC)[C@@H](C)CC)C(C)C)[C@H](C)O. The third-order valence-electron chi connectivity index (χ3n) is 23.3. The van der Waals surface area contributed by atoms with Crippen LogP contribution in [0.15, 0.2) is 35.5 Å². The van der Waals surface area contributed by atoms with Crippen molar-refractivity contribution in [1.29, 1.82) is 0 Å². The number of hydrogen-bond acceptors (Lipinski definition) is 22. The van der Waals surface area contributed by atoms with Crippen LogP contribution in [0.3, 0.4) is 0 Å². The van der Waals surface area contributed by atoms with Gasteiger partial charge in [0.15, 0.2) is 5.96 Å². The lowest BCUT2D eigenvalue weighted by atomic mass is 9.97. The number of aliphatic hydroxyl groups is 1. The summed E-state index contributed by atoms with van der Waals surface area (Å²) in [6.07, 6.45) is 12.1. The molecule has 18 amide bonds. The first-order valence-electron chi connectivity index (χ1n) is 47.8. The van der Waals surface area contributed by atoms with Crippen LogP contribution < -0.4 is 120 Å². The van der Waals surface area contributed by atoms with Gasteiger partial charge in [0.25, 0.3) is 0 Å². The van der Waals surface area contributed by atoms with E-state index in [9.17, 15) is 91.4 Å². The summed E-state index contributed by atoms with van der Waals surface area (Å²) in [7, 11) is 0. The van der Waals surface area contributed by atoms with Crippen LogP contribution in [0.2, 0.25) is 0 Å². The number of hydrogen-bond donors (Lipinski definition) is 24. The van der Waals surface area contributed by atoms with Crippen molar-refractivity contribution in [3.05, 3.63) is 36.0 Å². The number of aromatic amines is 1. The van der Waals surface area contributed by atoms with Crippen LogP contribution >= 0.6 is 0 Å². The monoisotopic (exact) mass is 1910 g/mol. The topological polar surface area (TPSA) is 732 Å². The molecule has 43 nitrogen and oxygen atoms in total. The summed E-state index contributed by atoms with van der Waals surface area (Å²) in [5, 5.41) is 48.0. The van der Waals surface area contributed by atoms with Gasteiger partial charge in [0.05, 0.1) is 18.7 Å². The Kier molecular flexibility index (Phi) is 56.9. The van der Waals surface area contributed by atoms with Crippen molar-refractivity contribution in [1.82, 2.24) is 79.4 Å². The Labute approximate surface area is 793 Å². The van der Waals surface area contributed by atoms with Gasteiger partial charge in [-0.2, -0.15) is 0 Å². The number of amides is 18. The summed E-state index contributed by atoms with van der Waals surface area (Å²) in [5.74, 6) is -19.0. The van der Waals surface area contributed by atoms with E-state index < -0.39 is 247 Å². The number of rotatable bonds is 71. The van der Waals surface area contributed by atoms with Crippen LogP contribution in [0.25, 0.3) is 10.9 Å². The fraction of sp³-hybridized carbons (Fsp3) is 0.707. The molecule has 1 heterocycles. The molecule has 2 aromatic rings. The standard InChI is InChI=1S/C92H160N24O19/c1-14-17-18-19-20-21-22-23-24-25-26-27-34-60(94)80(124)106-65(39-42-71(96)119)84(128)111-68(47-52(6)7)88(132)116-77(57(13)117)91(135)114-74(53(8)9)89(133)112-69(48-58-49-102-61-35-29-28-33-59(58)61)81(125)103-50-73(121)113-76(55(11)16-3)90(134)109-62(36-30-31-44-93)83(127)107-66(40-43-72(97)120)85(129)110-67(46-51(4)5)87(131)108-64(38-41-70(95)118)82(126)104-56(12)79(123)105-63(37-32-45-101-92(99)100)86(130)115-75(78(98)122)54(10)15-2/h28-29,33,35,49,51-57,60,62-69,74-77,102,117H,14-27,30-32,34,36-48,50,93-94H2,1-13H3,(H2,95,118)(H2,96,119)(H2,97,120)(H2,98,122)(H,103,125)(H,104,126)(H,105,123)(H,106,124)(H,107,127)(H,108,131)(H,109,134)(H,110,129)(H,111,128)(H,112,133)(H,113,121)(H,114,135)(H,115,130)(H,116,132)(H4,99,100,101)/t54-,55-,56-,57-,60?,62-,63-,64-,65-,66-,67-,68-,69-,74-,75-,76-,77-/m0/s1. The lowest BCUT2D eigenvalue weighted by molar-refractivity contribution is -0.137. The number of aliphatic imine (C=N–C) groups is 1. The number of guanidine groups is 1. The number of aromatic nitrogens is 1. The lowest BCUT2D eigenvalue weighted by Crippen LogP contribution is -2.62. The molecular weight excluding hydrogens is 1750 g/mol. The van der Waals surface area contributed by atoms with Gasteiger partial charge in [0.2, 0.25) is 106 Å². The highest BCUT2D eigenvalue weighted by Crippen LogP contribution is 2.22. The van der Waals surface area contributed by atoms with Crippen LogP contribution in [0.4, 0.5) is 0 Å². The molecule has 32 N–H and O–H groups in total. The molecule has 1 aromatic heterocycles. The van der Waals surface area contributed by atoms with Crippen LogP contribution in [0.5, 0.6) is 0 Å². The average Bonchev–Trinajstić information content (AvgIpc) is 1.81. The van der Waals surface area contributed by atoms with Crippen molar-refractivity contribution in [2.24, 2.45) is 80.5 Å². The highest BCUT2D eigenvalue weighted by molar-refractivity contribution is 6.01. The second-order valence-electron chi connectivity index (χ2n) is 36.5. The summed E-state index contributed by atoms with van der Waals surface area (Å²) >= 11 is 0. The number of carbonyl (C=O) groups excluding carboxylic acids is 18. The van der Waals surface area contributed by atoms with E-state index in [4.69, 9.17) is 45.9 Å². The van der Waals surface area contributed by atoms with E-state index in [1.54, 1.807) is 99.7 Å². The predicted octanol–water partition coefficient (Wildman–Crippen LogP) is -0.747. The molecule has 0 radical (unpaired) electrons. The number of para-hydroxylation sites is 1. The van der Waals surface area contributed by atoms with Gasteiger partial charge in [0, 0.05) is 49.3 Å². The maximum absolute atomic E-state index is 14.7. The van der Waals surface area contributed by atoms with Crippen molar-refractivity contribution in [3.8, 4) is 0 Å². The van der Waals surface area contributed by atoms with Crippen LogP contribution in [-0.4, -0.2) is 233 Å². The number of fused-ring (bicyclic) bond motifs is 1. The van der Waals surface area contributed by atoms with Gasteiger partial charge in [-0.25, -0.2) is 0 Å². The highest BCUT2D eigenvalue weighted by atomic mass is 16.3. The van der Waals surface area contributed by atoms with E-state index >= 15 is 0 Å². The van der Waals surface area contributed by atoms with E-state index in [2.05, 4.69) is 91.3 Å². The molecule has 0 aliphatic heterocycles. The molecular formula is C92H160N24O19. The summed E-state index contributed by atoms with van der Waals surface area (Å²) in [4.78, 5) is 256. The molecule has 1 aromatic carbocycles. The molecule has 762 valence electrons. The summed E-state index contributed by atoms with van der Waals surface area (Å²) in [6, 6.07) is -13.0. The summed E-state index contributed by atoms with van der Waals surface area (Å²) in [6.45, 7) is 20.9. The Bertz CT molecular complexity index is 4180. The van der Waals surface area contributed by atoms with Crippen molar-refractivity contribution in [2.45, 2.75) is 367 Å². The predicted molar refractivity (Wildman–Crippen MR) is 511 cm³/mol. The first kappa shape index (κ1) is 119. The van der Waals surface area contributed by atoms with Gasteiger partial charge in [-0.15, -0.1) is 0 Å². The Morgan fingerprint density at radius 3 is 1.24 bits per heavy atom. The summed E-state index contributed by atoms with van der Waals surface area (Å²) < 4.78 is 0. The van der Waals surface area contributed by atoms with Gasteiger partial charge in [0.1, 0.15) is 78.5 Å². The molecule has 0 bridgehead atoms. The fourth-order valence-corrected chi connectivity index (χ4v) is 14.9. The number of H-pyrrole nitrogens is 1. The molecule has 0 fully saturated rings. The van der Waals surface area contributed by atoms with Gasteiger partial charge in [-0.3, -0.25) is 91.3 Å². The lowest BCUT2D eigenvalue weighted by Gasteiger charge is -2.30. The van der Waals surface area contributed by atoms with Crippen molar-refractivity contribution < 1.29 is 91.4 Å². The average molecular weight is 1910 g/mol. The second kappa shape index (κ2) is 64.3. The summed E-state index contributed by atoms with van der Waals surface area (Å²) in [5.41, 5.74) is 46.5. The molecule has 135 heavy (non-hydrogen) atoms. The number of unbranched alkanes of at least 4 members (excludes halogenated alkanes) is 12.